The molecule has 3 amide bonds. The van der Waals surface area contributed by atoms with E-state index in [9.17, 15) is 64.2 Å². The summed E-state index contributed by atoms with van der Waals surface area (Å²) in [4.78, 5) is 35.3. The molecule has 0 fully saturated rings. The van der Waals surface area contributed by atoms with Crippen LogP contribution in [0, 0.1) is 0 Å². The summed E-state index contributed by atoms with van der Waals surface area (Å²) >= 11 is -1.14. The smallest absolute Gasteiger partial charge is 0.410 e. The quantitative estimate of drug-likeness (QED) is 0.0299. The highest BCUT2D eigenvalue weighted by Crippen LogP contribution is 2.29. The fourth-order valence-electron chi connectivity index (χ4n) is 2.04. The van der Waals surface area contributed by atoms with Crippen LogP contribution in [0.4, 0.5) is 26.3 Å². The van der Waals surface area contributed by atoms with Crippen molar-refractivity contribution in [2.24, 2.45) is 0 Å². The fourth-order valence-corrected chi connectivity index (χ4v) is 2.97. The van der Waals surface area contributed by atoms with Gasteiger partial charge in [0, 0.05) is 51.3 Å². The predicted octanol–water partition coefficient (Wildman–Crippen LogP) is -3.25. The van der Waals surface area contributed by atoms with Gasteiger partial charge in [-0.3, -0.25) is 29.4 Å². The summed E-state index contributed by atoms with van der Waals surface area (Å²) in [5, 5.41) is 19.9. The SMILES string of the molecule is O=C(NCCN(CCNC(=O)C(F)(F)SOO[O-])CCNC(=O)C(F)(F)S(=O)(=O)[O-])C(F)(F)CSOO[O-]. The van der Waals surface area contributed by atoms with E-state index < -0.39 is 101 Å². The van der Waals surface area contributed by atoms with E-state index in [1.807, 2.05) is 0 Å². The van der Waals surface area contributed by atoms with Crippen molar-refractivity contribution in [3.8, 4) is 0 Å². The molecule has 0 aliphatic carbocycles. The van der Waals surface area contributed by atoms with Gasteiger partial charge in [-0.15, -0.1) is 0 Å². The molecule has 0 saturated carbocycles. The molecule has 0 rings (SSSR count). The molecule has 25 heteroatoms. The minimum atomic E-state index is -6.37. The topological polar surface area (TPSA) is 231 Å². The van der Waals surface area contributed by atoms with Gasteiger partial charge in [-0.1, -0.05) is 0 Å². The van der Waals surface area contributed by atoms with Crippen LogP contribution < -0.4 is 26.5 Å². The third-order valence-corrected chi connectivity index (χ3v) is 5.76. The van der Waals surface area contributed by atoms with Crippen LogP contribution >= 0.6 is 24.1 Å². The Bertz CT molecular complexity index is 888. The van der Waals surface area contributed by atoms with Crippen LogP contribution in [0.15, 0.2) is 0 Å². The lowest BCUT2D eigenvalue weighted by molar-refractivity contribution is -0.777. The number of nitrogens with zero attached hydrogens (tertiary/aromatic N) is 1. The molecule has 0 aromatic heterocycles. The molecule has 0 aromatic carbocycles. The summed E-state index contributed by atoms with van der Waals surface area (Å²) in [6.07, 6.45) is 0. The molecule has 0 aromatic rings. The third-order valence-electron chi connectivity index (χ3n) is 3.80. The molecular weight excluding hydrogens is 614 g/mol. The van der Waals surface area contributed by atoms with E-state index in [-0.39, 0.29) is 12.0 Å². The minimum Gasteiger partial charge on any atom is -0.743 e. The van der Waals surface area contributed by atoms with Gasteiger partial charge in [0.25, 0.3) is 5.91 Å². The fraction of sp³-hybridized carbons (Fsp3) is 0.769. The van der Waals surface area contributed by atoms with Crippen molar-refractivity contribution in [2.45, 2.75) is 16.4 Å². The predicted molar refractivity (Wildman–Crippen MR) is 104 cm³/mol. The van der Waals surface area contributed by atoms with E-state index in [2.05, 4.69) is 18.7 Å². The maximum Gasteiger partial charge on any atom is 0.410 e. The third kappa shape index (κ3) is 12.9. The van der Waals surface area contributed by atoms with Crippen LogP contribution in [0.2, 0.25) is 0 Å². The molecule has 0 aliphatic heterocycles. The molecule has 0 atom stereocenters. The van der Waals surface area contributed by atoms with Crippen LogP contribution in [-0.4, -0.2) is 97.0 Å². The van der Waals surface area contributed by atoms with Gasteiger partial charge in [-0.05, 0) is 0 Å². The van der Waals surface area contributed by atoms with Gasteiger partial charge < -0.3 is 31.0 Å². The molecular formula is C13H17F6N4O12S3-3. The first-order valence-corrected chi connectivity index (χ1v) is 12.4. The average Bonchev–Trinajstić information content (AvgIpc) is 2.81. The Balaban J connectivity index is 5.05. The molecule has 224 valence electrons. The van der Waals surface area contributed by atoms with Crippen LogP contribution in [-0.2, 0) is 43.2 Å². The Hall–Kier alpha value is -1.68. The standard InChI is InChI=1S/C13H20F6N4O12S3/c14-11(15,7-36-34-32-27)8(24)20-1-4-23(5-2-21-9(25)12(16,17)37-35-33-28)6-3-22-10(26)13(18,19)38(29,30)31/h27-28H,1-7H2,(H,20,24)(H,21,25)(H,22,26)(H,29,30,31)/p-3. The van der Waals surface area contributed by atoms with Gasteiger partial charge in [0.1, 0.15) is 12.0 Å². The Morgan fingerprint density at radius 3 is 1.68 bits per heavy atom. The first-order chi connectivity index (χ1) is 17.4. The normalized spacial score (nSPS) is 12.9. The molecule has 0 heterocycles. The van der Waals surface area contributed by atoms with E-state index in [4.69, 9.17) is 0 Å². The Labute approximate surface area is 217 Å². The zero-order chi connectivity index (χ0) is 29.6. The Morgan fingerprint density at radius 2 is 1.24 bits per heavy atom. The van der Waals surface area contributed by atoms with E-state index in [0.29, 0.717) is 0 Å². The van der Waals surface area contributed by atoms with Crippen LogP contribution in [0.1, 0.15) is 0 Å². The van der Waals surface area contributed by atoms with Crippen LogP contribution in [0.25, 0.3) is 0 Å². The maximum atomic E-state index is 13.6. The number of rotatable bonds is 20. The van der Waals surface area contributed by atoms with Gasteiger partial charge in [-0.2, -0.15) is 35.0 Å². The molecule has 0 saturated heterocycles. The lowest BCUT2D eigenvalue weighted by Gasteiger charge is -2.25. The van der Waals surface area contributed by atoms with E-state index in [1.54, 1.807) is 10.6 Å². The first-order valence-electron chi connectivity index (χ1n) is 9.31. The van der Waals surface area contributed by atoms with Crippen LogP contribution in [0.5, 0.6) is 0 Å². The summed E-state index contributed by atoms with van der Waals surface area (Å²) in [6, 6.07) is 0. The summed E-state index contributed by atoms with van der Waals surface area (Å²) in [5.74, 6) is -11.7. The number of hydrogen-bond donors (Lipinski definition) is 3. The zero-order valence-corrected chi connectivity index (χ0v) is 20.7. The summed E-state index contributed by atoms with van der Waals surface area (Å²) in [7, 11) is -6.37. The molecule has 38 heavy (non-hydrogen) atoms. The van der Waals surface area contributed by atoms with E-state index >= 15 is 0 Å². The second kappa shape index (κ2) is 16.4. The highest BCUT2D eigenvalue weighted by molar-refractivity contribution is 7.96. The highest BCUT2D eigenvalue weighted by Gasteiger charge is 2.46. The lowest BCUT2D eigenvalue weighted by atomic mass is 10.3. The Morgan fingerprint density at radius 1 is 0.789 bits per heavy atom. The van der Waals surface area contributed by atoms with Gasteiger partial charge >= 0.3 is 28.2 Å². The second-order valence-corrected chi connectivity index (χ2v) is 9.32. The Kier molecular flexibility index (Phi) is 15.7. The monoisotopic (exact) mass is 631 g/mol. The molecule has 16 nitrogen and oxygen atoms in total. The molecule has 0 radical (unpaired) electrons. The van der Waals surface area contributed by atoms with Crippen molar-refractivity contribution in [3.05, 3.63) is 0 Å². The van der Waals surface area contributed by atoms with Gasteiger partial charge in [0.2, 0.25) is 0 Å². The number of amides is 3. The van der Waals surface area contributed by atoms with Crippen molar-refractivity contribution in [3.63, 3.8) is 0 Å². The molecule has 3 N–H and O–H groups in total. The number of hydrogen-bond acceptors (Lipinski definition) is 15. The van der Waals surface area contributed by atoms with Crippen molar-refractivity contribution in [1.82, 2.24) is 20.9 Å². The maximum absolute atomic E-state index is 13.6. The number of nitrogens with one attached hydrogen (secondary N) is 3. The first kappa shape index (κ1) is 36.3. The van der Waals surface area contributed by atoms with E-state index in [0.717, 1.165) is 4.90 Å². The highest BCUT2D eigenvalue weighted by atomic mass is 32.2. The number of carbonyl (C=O) groups is 3. The van der Waals surface area contributed by atoms with Crippen molar-refractivity contribution < 1.29 is 83.0 Å². The van der Waals surface area contributed by atoms with Gasteiger partial charge in [0.05, 0.1) is 5.75 Å². The number of alkyl halides is 6. The number of carbonyl (C=O) groups excluding carboxylic acids is 3. The van der Waals surface area contributed by atoms with Crippen molar-refractivity contribution in [2.75, 3.05) is 45.0 Å². The lowest BCUT2D eigenvalue weighted by Crippen LogP contribution is -2.49. The van der Waals surface area contributed by atoms with Crippen LogP contribution in [0.3, 0.4) is 0 Å². The largest absolute Gasteiger partial charge is 0.743 e. The second-order valence-electron chi connectivity index (χ2n) is 6.42. The molecule has 0 aliphatic rings. The van der Waals surface area contributed by atoms with Crippen molar-refractivity contribution in [1.29, 1.82) is 0 Å². The summed E-state index contributed by atoms with van der Waals surface area (Å²) in [5.41, 5.74) is 0. The van der Waals surface area contributed by atoms with Gasteiger partial charge in [-0.25, -0.2) is 8.42 Å². The van der Waals surface area contributed by atoms with E-state index in [1.165, 1.54) is 5.32 Å². The van der Waals surface area contributed by atoms with Gasteiger partial charge in [0.15, 0.2) is 10.1 Å². The molecule has 0 unspecified atom stereocenters. The molecule has 0 bridgehead atoms. The number of halogens is 6. The van der Waals surface area contributed by atoms with Crippen molar-refractivity contribution >= 4 is 51.9 Å². The summed E-state index contributed by atoms with van der Waals surface area (Å²) in [6.45, 7) is -3.45. The zero-order valence-electron chi connectivity index (χ0n) is 18.3. The molecule has 0 spiro atoms. The minimum absolute atomic E-state index is 0.193. The average molecular weight is 631 g/mol. The summed E-state index contributed by atoms with van der Waals surface area (Å²) < 4.78 is 119.